The molecule has 0 fully saturated rings. The van der Waals surface area contributed by atoms with Gasteiger partial charge in [0, 0.05) is 41.3 Å². The molecule has 0 saturated heterocycles. The molecule has 0 amide bonds. The van der Waals surface area contributed by atoms with Crippen molar-refractivity contribution in [2.75, 3.05) is 19.5 Å². The number of nitrogens with one attached hydrogen (secondary N) is 1. The zero-order chi connectivity index (χ0) is 20.8. The minimum Gasteiger partial charge on any atom is -0.493 e. The van der Waals surface area contributed by atoms with Crippen LogP contribution >= 0.6 is 0 Å². The lowest BCUT2D eigenvalue weighted by Crippen LogP contribution is -2.12. The van der Waals surface area contributed by atoms with E-state index in [1.54, 1.807) is 6.07 Å². The van der Waals surface area contributed by atoms with E-state index < -0.39 is 11.9 Å². The Labute approximate surface area is 163 Å². The summed E-state index contributed by atoms with van der Waals surface area (Å²) in [5.74, 6) is 0.292. The summed E-state index contributed by atoms with van der Waals surface area (Å²) in [6.45, 7) is 0. The number of benzene rings is 2. The van der Waals surface area contributed by atoms with Gasteiger partial charge in [-0.05, 0) is 30.3 Å². The number of methoxy groups -OCH3 is 2. The number of anilines is 2. The molecule has 2 heterocycles. The summed E-state index contributed by atoms with van der Waals surface area (Å²) in [6.07, 6.45) is -2.76. The molecule has 4 rings (SSSR count). The smallest absolute Gasteiger partial charge is 0.434 e. The van der Waals surface area contributed by atoms with Gasteiger partial charge in [0.1, 0.15) is 0 Å². The van der Waals surface area contributed by atoms with Crippen molar-refractivity contribution in [3.63, 3.8) is 0 Å². The van der Waals surface area contributed by atoms with E-state index in [0.717, 1.165) is 10.9 Å². The number of fused-ring (bicyclic) bond motifs is 2. The normalized spacial score (nSPS) is 11.8. The first-order valence-corrected chi connectivity index (χ1v) is 8.63. The third-order valence-electron chi connectivity index (χ3n) is 4.61. The number of alkyl halides is 3. The molecular weight excluding hydrogens is 385 g/mol. The van der Waals surface area contributed by atoms with Crippen molar-refractivity contribution < 1.29 is 22.6 Å². The molecule has 4 aromatic rings. The van der Waals surface area contributed by atoms with E-state index in [-0.39, 0.29) is 28.4 Å². The van der Waals surface area contributed by atoms with Crippen molar-refractivity contribution in [1.29, 1.82) is 0 Å². The summed E-state index contributed by atoms with van der Waals surface area (Å²) in [7, 11) is 4.68. The van der Waals surface area contributed by atoms with Gasteiger partial charge in [-0.15, -0.1) is 0 Å². The van der Waals surface area contributed by atoms with Gasteiger partial charge in [0.25, 0.3) is 0 Å². The highest BCUT2D eigenvalue weighted by molar-refractivity contribution is 5.87. The fourth-order valence-corrected chi connectivity index (χ4v) is 3.22. The first-order chi connectivity index (χ1) is 13.8. The first-order valence-electron chi connectivity index (χ1n) is 8.63. The Hall–Kier alpha value is -3.49. The number of rotatable bonds is 4. The standard InChI is InChI=1S/C20H17F3N4O2/c1-27-7-6-11-8-12(4-5-15(11)27)24-19-25-14-10-17(29-3)16(28-2)9-13(14)18(26-19)20(21,22)23/h4-10H,1-3H3,(H,24,25,26). The topological polar surface area (TPSA) is 61.2 Å². The molecular formula is C20H17F3N4O2. The lowest BCUT2D eigenvalue weighted by Gasteiger charge is -2.15. The number of aryl methyl sites for hydroxylation is 1. The van der Waals surface area contributed by atoms with Crippen molar-refractivity contribution in [3.05, 3.63) is 48.3 Å². The molecule has 9 heteroatoms. The fourth-order valence-electron chi connectivity index (χ4n) is 3.22. The van der Waals surface area contributed by atoms with Crippen molar-refractivity contribution in [2.24, 2.45) is 7.05 Å². The van der Waals surface area contributed by atoms with Crippen LogP contribution in [-0.2, 0) is 13.2 Å². The molecule has 150 valence electrons. The highest BCUT2D eigenvalue weighted by Crippen LogP contribution is 2.39. The van der Waals surface area contributed by atoms with E-state index in [9.17, 15) is 13.2 Å². The van der Waals surface area contributed by atoms with Crippen molar-refractivity contribution in [2.45, 2.75) is 6.18 Å². The van der Waals surface area contributed by atoms with E-state index in [1.165, 1.54) is 26.4 Å². The number of ether oxygens (including phenoxy) is 2. The lowest BCUT2D eigenvalue weighted by molar-refractivity contribution is -0.139. The van der Waals surface area contributed by atoms with Crippen LogP contribution in [0.1, 0.15) is 5.69 Å². The Morgan fingerprint density at radius 2 is 1.69 bits per heavy atom. The first kappa shape index (κ1) is 18.9. The predicted molar refractivity (Wildman–Crippen MR) is 104 cm³/mol. The maximum atomic E-state index is 13.7. The Morgan fingerprint density at radius 3 is 2.38 bits per heavy atom. The summed E-state index contributed by atoms with van der Waals surface area (Å²) >= 11 is 0. The SMILES string of the molecule is COc1cc2nc(Nc3ccc4c(ccn4C)c3)nc(C(F)(F)F)c2cc1OC. The molecule has 2 aromatic carbocycles. The fraction of sp³-hybridized carbons (Fsp3) is 0.200. The zero-order valence-electron chi connectivity index (χ0n) is 15.8. The zero-order valence-corrected chi connectivity index (χ0v) is 15.8. The minimum absolute atomic E-state index is 0.0910. The van der Waals surface area contributed by atoms with E-state index in [0.29, 0.717) is 5.69 Å². The third-order valence-corrected chi connectivity index (χ3v) is 4.61. The maximum absolute atomic E-state index is 13.7. The van der Waals surface area contributed by atoms with Crippen LogP contribution in [0, 0.1) is 0 Å². The minimum atomic E-state index is -4.67. The lowest BCUT2D eigenvalue weighted by atomic mass is 10.1. The molecule has 0 aliphatic rings. The summed E-state index contributed by atoms with van der Waals surface area (Å²) in [6, 6.07) is 10.0. The van der Waals surface area contributed by atoms with Crippen LogP contribution in [0.5, 0.6) is 11.5 Å². The van der Waals surface area contributed by atoms with Gasteiger partial charge in [-0.25, -0.2) is 9.97 Å². The average Bonchev–Trinajstić information content (AvgIpc) is 3.05. The summed E-state index contributed by atoms with van der Waals surface area (Å²) < 4.78 is 53.3. The monoisotopic (exact) mass is 402 g/mol. The quantitative estimate of drug-likeness (QED) is 0.526. The highest BCUT2D eigenvalue weighted by atomic mass is 19.4. The molecule has 2 aromatic heterocycles. The van der Waals surface area contributed by atoms with E-state index in [4.69, 9.17) is 9.47 Å². The van der Waals surface area contributed by atoms with Crippen LogP contribution in [0.2, 0.25) is 0 Å². The van der Waals surface area contributed by atoms with Crippen LogP contribution < -0.4 is 14.8 Å². The van der Waals surface area contributed by atoms with Gasteiger partial charge < -0.3 is 19.4 Å². The molecule has 0 aliphatic heterocycles. The van der Waals surface area contributed by atoms with Crippen LogP contribution in [-0.4, -0.2) is 28.8 Å². The Bertz CT molecular complexity index is 1220. The van der Waals surface area contributed by atoms with E-state index in [1.807, 2.05) is 36.0 Å². The molecule has 0 aliphatic carbocycles. The summed E-state index contributed by atoms with van der Waals surface area (Å²) in [4.78, 5) is 7.99. The average molecular weight is 402 g/mol. The van der Waals surface area contributed by atoms with Crippen LogP contribution in [0.25, 0.3) is 21.8 Å². The van der Waals surface area contributed by atoms with Crippen molar-refractivity contribution >= 4 is 33.4 Å². The molecule has 0 unspecified atom stereocenters. The number of hydrogen-bond acceptors (Lipinski definition) is 5. The summed E-state index contributed by atoms with van der Waals surface area (Å²) in [5.41, 5.74) is 0.624. The van der Waals surface area contributed by atoms with E-state index in [2.05, 4.69) is 15.3 Å². The second kappa shape index (κ2) is 6.84. The van der Waals surface area contributed by atoms with Gasteiger partial charge >= 0.3 is 6.18 Å². The Kier molecular flexibility index (Phi) is 4.45. The maximum Gasteiger partial charge on any atom is 0.434 e. The van der Waals surface area contributed by atoms with Crippen molar-refractivity contribution in [3.8, 4) is 11.5 Å². The molecule has 0 radical (unpaired) electrons. The third kappa shape index (κ3) is 3.39. The predicted octanol–water partition coefficient (Wildman–Crippen LogP) is 4.90. The number of aromatic nitrogens is 3. The highest BCUT2D eigenvalue weighted by Gasteiger charge is 2.36. The number of hydrogen-bond donors (Lipinski definition) is 1. The molecule has 6 nitrogen and oxygen atoms in total. The second-order valence-corrected chi connectivity index (χ2v) is 6.44. The van der Waals surface area contributed by atoms with Gasteiger partial charge in [0.05, 0.1) is 19.7 Å². The van der Waals surface area contributed by atoms with Gasteiger partial charge in [0.2, 0.25) is 5.95 Å². The van der Waals surface area contributed by atoms with Crippen molar-refractivity contribution in [1.82, 2.24) is 14.5 Å². The summed E-state index contributed by atoms with van der Waals surface area (Å²) in [5, 5.41) is 3.65. The molecule has 0 bridgehead atoms. The van der Waals surface area contributed by atoms with Gasteiger partial charge in [-0.1, -0.05) is 0 Å². The van der Waals surface area contributed by atoms with Gasteiger partial charge in [0.15, 0.2) is 17.2 Å². The second-order valence-electron chi connectivity index (χ2n) is 6.44. The van der Waals surface area contributed by atoms with Gasteiger partial charge in [-0.3, -0.25) is 0 Å². The molecule has 0 spiro atoms. The molecule has 0 atom stereocenters. The van der Waals surface area contributed by atoms with Crippen LogP contribution in [0.4, 0.5) is 24.8 Å². The van der Waals surface area contributed by atoms with Crippen LogP contribution in [0.3, 0.4) is 0 Å². The number of halogens is 3. The molecule has 1 N–H and O–H groups in total. The van der Waals surface area contributed by atoms with E-state index >= 15 is 0 Å². The number of nitrogens with zero attached hydrogens (tertiary/aromatic N) is 3. The molecule has 0 saturated carbocycles. The molecule has 29 heavy (non-hydrogen) atoms. The van der Waals surface area contributed by atoms with Gasteiger partial charge in [-0.2, -0.15) is 13.2 Å². The Balaban J connectivity index is 1.84. The largest absolute Gasteiger partial charge is 0.493 e. The Morgan fingerprint density at radius 1 is 0.966 bits per heavy atom. The van der Waals surface area contributed by atoms with Crippen LogP contribution in [0.15, 0.2) is 42.6 Å².